The Morgan fingerprint density at radius 3 is 2.34 bits per heavy atom. The van der Waals surface area contributed by atoms with E-state index in [4.69, 9.17) is 24.5 Å². The van der Waals surface area contributed by atoms with Crippen LogP contribution in [0.2, 0.25) is 0 Å². The summed E-state index contributed by atoms with van der Waals surface area (Å²) in [6.07, 6.45) is -1.32. The predicted octanol–water partition coefficient (Wildman–Crippen LogP) is 6.61. The van der Waals surface area contributed by atoms with Crippen LogP contribution in [-0.4, -0.2) is 57.9 Å². The number of carbonyl (C=O) groups is 3. The fraction of sp³-hybridized carbons (Fsp3) is 0.314. The molecule has 3 aromatic carbocycles. The first-order valence-electron chi connectivity index (χ1n) is 15.8. The number of alkyl halides is 3. The lowest BCUT2D eigenvalue weighted by molar-refractivity contribution is -0.192. The number of benzene rings is 3. The number of urea groups is 1. The van der Waals surface area contributed by atoms with Gasteiger partial charge < -0.3 is 30.4 Å². The highest BCUT2D eigenvalue weighted by molar-refractivity contribution is 5.91. The molecular formula is C35H39F3N6O6. The van der Waals surface area contributed by atoms with Gasteiger partial charge in [0.25, 0.3) is 0 Å². The minimum absolute atomic E-state index is 0.0832. The number of aromatic amines is 2. The zero-order valence-electron chi connectivity index (χ0n) is 28.0. The second-order valence-electron chi connectivity index (χ2n) is 11.4. The van der Waals surface area contributed by atoms with Crippen molar-refractivity contribution in [3.8, 4) is 17.0 Å². The molecular weight excluding hydrogens is 657 g/mol. The van der Waals surface area contributed by atoms with Crippen molar-refractivity contribution >= 4 is 39.6 Å². The molecule has 2 heterocycles. The van der Waals surface area contributed by atoms with E-state index in [1.165, 1.54) is 0 Å². The van der Waals surface area contributed by atoms with Crippen molar-refractivity contribution in [1.82, 2.24) is 31.1 Å². The number of carboxylic acids is 1. The third kappa shape index (κ3) is 9.11. The van der Waals surface area contributed by atoms with E-state index in [1.807, 2.05) is 43.3 Å². The van der Waals surface area contributed by atoms with Crippen LogP contribution in [0, 0.1) is 6.92 Å². The molecule has 266 valence electrons. The Morgan fingerprint density at radius 2 is 1.68 bits per heavy atom. The number of hydrogen-bond donors (Lipinski definition) is 6. The molecule has 0 saturated carbocycles. The smallest absolute Gasteiger partial charge is 0.490 e. The first-order chi connectivity index (χ1) is 23.8. The van der Waals surface area contributed by atoms with Crippen molar-refractivity contribution in [1.29, 1.82) is 0 Å². The Hall–Kier alpha value is -5.57. The molecule has 12 nitrogen and oxygen atoms in total. The number of carboxylic acid groups (broad SMARTS) is 1. The van der Waals surface area contributed by atoms with Crippen LogP contribution >= 0.6 is 0 Å². The number of H-pyrrole nitrogens is 2. The summed E-state index contributed by atoms with van der Waals surface area (Å²) in [6, 6.07) is 19.4. The van der Waals surface area contributed by atoms with Gasteiger partial charge in [-0.15, -0.1) is 0 Å². The monoisotopic (exact) mass is 696 g/mol. The molecule has 5 aromatic rings. The van der Waals surface area contributed by atoms with Gasteiger partial charge in [0.1, 0.15) is 5.75 Å². The van der Waals surface area contributed by atoms with E-state index in [0.29, 0.717) is 24.4 Å². The maximum atomic E-state index is 13.8. The Morgan fingerprint density at radius 1 is 0.960 bits per heavy atom. The molecule has 0 unspecified atom stereocenters. The molecule has 50 heavy (non-hydrogen) atoms. The lowest BCUT2D eigenvalue weighted by Gasteiger charge is -2.34. The molecule has 0 aliphatic heterocycles. The van der Waals surface area contributed by atoms with Crippen molar-refractivity contribution in [2.45, 2.75) is 58.3 Å². The van der Waals surface area contributed by atoms with Crippen molar-refractivity contribution < 1.29 is 42.2 Å². The summed E-state index contributed by atoms with van der Waals surface area (Å²) in [5.41, 5.74) is 5.42. The number of carbonyl (C=O) groups excluding carboxylic acids is 2. The fourth-order valence-corrected chi connectivity index (χ4v) is 5.39. The highest BCUT2D eigenvalue weighted by atomic mass is 19.4. The number of amides is 3. The van der Waals surface area contributed by atoms with Gasteiger partial charge in [-0.1, -0.05) is 49.7 Å². The summed E-state index contributed by atoms with van der Waals surface area (Å²) in [4.78, 5) is 52.3. The SMILES string of the molecule is CCCC[C@](NC(=O)Cc1c(C)[nH]c2ccc(OC)cc12)(NC(=O)NOCC)c1ncc(-c2ccc3ccccc3c2)[nH]1.O=C(O)C(F)(F)F. The zero-order chi connectivity index (χ0) is 36.5. The molecule has 2 aromatic heterocycles. The van der Waals surface area contributed by atoms with E-state index in [-0.39, 0.29) is 18.9 Å². The van der Waals surface area contributed by atoms with Crippen LogP contribution < -0.4 is 20.9 Å². The molecule has 0 bridgehead atoms. The summed E-state index contributed by atoms with van der Waals surface area (Å²) in [5, 5.41) is 16.4. The fourth-order valence-electron chi connectivity index (χ4n) is 5.39. The number of halogens is 3. The van der Waals surface area contributed by atoms with Crippen molar-refractivity contribution in [2.75, 3.05) is 13.7 Å². The number of fused-ring (bicyclic) bond motifs is 2. The lowest BCUT2D eigenvalue weighted by atomic mass is 9.99. The molecule has 6 N–H and O–H groups in total. The van der Waals surface area contributed by atoms with E-state index in [9.17, 15) is 22.8 Å². The molecule has 15 heteroatoms. The molecule has 1 atom stereocenters. The largest absolute Gasteiger partial charge is 0.497 e. The van der Waals surface area contributed by atoms with Gasteiger partial charge in [-0.3, -0.25) is 9.63 Å². The maximum absolute atomic E-state index is 13.8. The van der Waals surface area contributed by atoms with E-state index in [1.54, 1.807) is 20.2 Å². The van der Waals surface area contributed by atoms with Gasteiger partial charge in [-0.2, -0.15) is 13.2 Å². The minimum Gasteiger partial charge on any atom is -0.497 e. The summed E-state index contributed by atoms with van der Waals surface area (Å²) in [5.74, 6) is -1.91. The molecule has 3 amide bonds. The van der Waals surface area contributed by atoms with Crippen LogP contribution in [0.3, 0.4) is 0 Å². The van der Waals surface area contributed by atoms with Gasteiger partial charge in [0.15, 0.2) is 11.5 Å². The van der Waals surface area contributed by atoms with Crippen LogP contribution in [0.15, 0.2) is 66.9 Å². The highest BCUT2D eigenvalue weighted by Gasteiger charge is 2.39. The normalized spacial score (nSPS) is 12.5. The van der Waals surface area contributed by atoms with Crippen LogP contribution in [0.5, 0.6) is 5.75 Å². The second-order valence-corrected chi connectivity index (χ2v) is 11.4. The molecule has 0 spiro atoms. The van der Waals surface area contributed by atoms with Crippen molar-refractivity contribution in [2.24, 2.45) is 0 Å². The number of hydrogen-bond acceptors (Lipinski definition) is 6. The van der Waals surface area contributed by atoms with Crippen LogP contribution in [0.1, 0.15) is 50.2 Å². The molecule has 0 fully saturated rings. The van der Waals surface area contributed by atoms with E-state index in [2.05, 4.69) is 57.3 Å². The number of hydroxylamine groups is 1. The standard InChI is InChI=1S/C33H38N6O4.C2HF3O2/c1-5-7-16-33(38-32(41)39-43-6-2,31-34-20-29(36-31)24-13-12-22-10-8-9-11-23(22)17-24)37-30(40)19-26-21(3)35-28-15-14-25(42-4)18-27(26)28;3-2(4,5)1(6)7/h8-15,17-18,20,35H,5-7,16,19H2,1-4H3,(H,34,36)(H,37,40)(H2,38,39,41);(H,6,7)/t33-;/m0./s1. The molecule has 0 saturated heterocycles. The summed E-state index contributed by atoms with van der Waals surface area (Å²) < 4.78 is 37.2. The van der Waals surface area contributed by atoms with E-state index < -0.39 is 23.8 Å². The second kappa shape index (κ2) is 16.2. The van der Waals surface area contributed by atoms with Crippen LogP contribution in [-0.2, 0) is 26.5 Å². The Kier molecular flexibility index (Phi) is 12.1. The number of imidazole rings is 1. The Bertz CT molecular complexity index is 1960. The third-order valence-electron chi connectivity index (χ3n) is 7.84. The van der Waals surface area contributed by atoms with Gasteiger partial charge >= 0.3 is 18.2 Å². The first-order valence-corrected chi connectivity index (χ1v) is 15.8. The zero-order valence-corrected chi connectivity index (χ0v) is 28.0. The van der Waals surface area contributed by atoms with Gasteiger partial charge in [0.2, 0.25) is 5.91 Å². The van der Waals surface area contributed by atoms with Gasteiger partial charge in [0.05, 0.1) is 32.0 Å². The van der Waals surface area contributed by atoms with E-state index in [0.717, 1.165) is 50.6 Å². The summed E-state index contributed by atoms with van der Waals surface area (Å²) in [7, 11) is 1.61. The number of aromatic nitrogens is 3. The number of aliphatic carboxylic acids is 1. The Labute approximate surface area is 285 Å². The third-order valence-corrected chi connectivity index (χ3v) is 7.84. The topological polar surface area (TPSA) is 170 Å². The lowest BCUT2D eigenvalue weighted by Crippen LogP contribution is -2.60. The Balaban J connectivity index is 0.000000727. The quantitative estimate of drug-likeness (QED) is 0.0629. The van der Waals surface area contributed by atoms with Crippen molar-refractivity contribution in [3.05, 3.63) is 83.9 Å². The van der Waals surface area contributed by atoms with Gasteiger partial charge in [-0.25, -0.2) is 20.1 Å². The summed E-state index contributed by atoms with van der Waals surface area (Å²) >= 11 is 0. The van der Waals surface area contributed by atoms with Crippen molar-refractivity contribution in [3.63, 3.8) is 0 Å². The molecule has 0 radical (unpaired) electrons. The van der Waals surface area contributed by atoms with E-state index >= 15 is 0 Å². The number of rotatable bonds is 12. The number of methoxy groups -OCH3 is 1. The number of unbranched alkanes of at least 4 members (excludes halogenated alkanes) is 1. The maximum Gasteiger partial charge on any atom is 0.490 e. The number of nitrogens with zero attached hydrogens (tertiary/aromatic N) is 1. The molecule has 0 aliphatic rings. The van der Waals surface area contributed by atoms with Gasteiger partial charge in [0, 0.05) is 22.2 Å². The average Bonchev–Trinajstić information content (AvgIpc) is 3.71. The summed E-state index contributed by atoms with van der Waals surface area (Å²) in [6.45, 7) is 6.05. The van der Waals surface area contributed by atoms with Crippen LogP contribution in [0.25, 0.3) is 32.9 Å². The number of aryl methyl sites for hydroxylation is 1. The molecule has 5 rings (SSSR count). The average molecular weight is 697 g/mol. The predicted molar refractivity (Wildman–Crippen MR) is 181 cm³/mol. The van der Waals surface area contributed by atoms with Crippen LogP contribution in [0.4, 0.5) is 18.0 Å². The van der Waals surface area contributed by atoms with Gasteiger partial charge in [-0.05, 0) is 67.3 Å². The number of ether oxygens (including phenoxy) is 1. The highest BCUT2D eigenvalue weighted by Crippen LogP contribution is 2.30. The molecule has 0 aliphatic carbocycles. The number of nitrogens with one attached hydrogen (secondary N) is 5. The minimum atomic E-state index is -5.08. The first kappa shape index (κ1) is 37.3.